The zero-order valence-electron chi connectivity index (χ0n) is 6.15. The summed E-state index contributed by atoms with van der Waals surface area (Å²) in [4.78, 5) is 0. The molecule has 0 saturated carbocycles. The number of oxime groups is 1. The molecule has 3 heteroatoms. The van der Waals surface area contributed by atoms with Crippen molar-refractivity contribution in [2.24, 2.45) is 5.16 Å². The minimum Gasteiger partial charge on any atom is -0.508 e. The average molecular weight is 151 g/mol. The Bertz CT molecular complexity index is 281. The smallest absolute Gasteiger partial charge is 0.118 e. The Morgan fingerprint density at radius 1 is 1.45 bits per heavy atom. The van der Waals surface area contributed by atoms with Crippen LogP contribution >= 0.6 is 0 Å². The van der Waals surface area contributed by atoms with Gasteiger partial charge in [0, 0.05) is 0 Å². The Kier molecular flexibility index (Phi) is 2.11. The van der Waals surface area contributed by atoms with E-state index < -0.39 is 0 Å². The molecule has 0 aliphatic heterocycles. The number of nitrogens with zero attached hydrogens (tertiary/aromatic N) is 1. The van der Waals surface area contributed by atoms with Crippen LogP contribution in [0.1, 0.15) is 11.1 Å². The third-order valence-corrected chi connectivity index (χ3v) is 1.43. The van der Waals surface area contributed by atoms with Crippen LogP contribution in [0.2, 0.25) is 0 Å². The van der Waals surface area contributed by atoms with Crippen LogP contribution in [-0.4, -0.2) is 16.5 Å². The molecule has 2 N–H and O–H groups in total. The second kappa shape index (κ2) is 3.05. The van der Waals surface area contributed by atoms with Crippen LogP contribution in [0, 0.1) is 6.92 Å². The van der Waals surface area contributed by atoms with Crippen molar-refractivity contribution in [1.29, 1.82) is 0 Å². The third-order valence-electron chi connectivity index (χ3n) is 1.43. The first kappa shape index (κ1) is 7.60. The highest BCUT2D eigenvalue weighted by Gasteiger charge is 1.94. The van der Waals surface area contributed by atoms with Gasteiger partial charge >= 0.3 is 0 Å². The van der Waals surface area contributed by atoms with E-state index in [0.29, 0.717) is 0 Å². The van der Waals surface area contributed by atoms with Crippen LogP contribution < -0.4 is 0 Å². The zero-order chi connectivity index (χ0) is 8.27. The number of rotatable bonds is 1. The molecule has 3 nitrogen and oxygen atoms in total. The van der Waals surface area contributed by atoms with Crippen molar-refractivity contribution in [3.05, 3.63) is 29.3 Å². The molecule has 1 rings (SSSR count). The maximum Gasteiger partial charge on any atom is 0.118 e. The molecular formula is C8H9NO2. The molecule has 11 heavy (non-hydrogen) atoms. The van der Waals surface area contributed by atoms with Gasteiger partial charge in [-0.2, -0.15) is 0 Å². The van der Waals surface area contributed by atoms with Gasteiger partial charge < -0.3 is 10.3 Å². The first-order chi connectivity index (χ1) is 5.24. The Balaban J connectivity index is 3.05. The second-order valence-corrected chi connectivity index (χ2v) is 2.29. The standard InChI is InChI=1S/C8H9NO2/c1-6-4-7(5-9-11)2-3-8(6)10/h2-5,10-11H,1H3. The Hall–Kier alpha value is -1.51. The summed E-state index contributed by atoms with van der Waals surface area (Å²) in [5.74, 6) is 0.250. The van der Waals surface area contributed by atoms with E-state index in [2.05, 4.69) is 5.16 Å². The molecule has 58 valence electrons. The molecular weight excluding hydrogens is 142 g/mol. The molecule has 0 atom stereocenters. The number of benzene rings is 1. The van der Waals surface area contributed by atoms with E-state index in [-0.39, 0.29) is 5.75 Å². The second-order valence-electron chi connectivity index (χ2n) is 2.29. The van der Waals surface area contributed by atoms with Crippen molar-refractivity contribution < 1.29 is 10.3 Å². The average Bonchev–Trinajstić information content (AvgIpc) is 1.98. The number of hydrogen-bond donors (Lipinski definition) is 2. The molecule has 0 saturated heterocycles. The molecule has 0 bridgehead atoms. The highest BCUT2D eigenvalue weighted by Crippen LogP contribution is 2.15. The van der Waals surface area contributed by atoms with Crippen LogP contribution in [0.3, 0.4) is 0 Å². The summed E-state index contributed by atoms with van der Waals surface area (Å²) in [5.41, 5.74) is 1.53. The van der Waals surface area contributed by atoms with Gasteiger partial charge in [-0.25, -0.2) is 0 Å². The molecule has 0 heterocycles. The van der Waals surface area contributed by atoms with Crippen LogP contribution in [0.4, 0.5) is 0 Å². The third kappa shape index (κ3) is 1.70. The molecule has 1 aromatic carbocycles. The lowest BCUT2D eigenvalue weighted by atomic mass is 10.1. The molecule has 0 radical (unpaired) electrons. The summed E-state index contributed by atoms with van der Waals surface area (Å²) < 4.78 is 0. The van der Waals surface area contributed by atoms with Gasteiger partial charge in [0.05, 0.1) is 6.21 Å². The van der Waals surface area contributed by atoms with E-state index in [1.165, 1.54) is 6.21 Å². The maximum absolute atomic E-state index is 9.10. The van der Waals surface area contributed by atoms with Gasteiger partial charge in [-0.3, -0.25) is 0 Å². The van der Waals surface area contributed by atoms with Crippen molar-refractivity contribution in [3.63, 3.8) is 0 Å². The number of hydrogen-bond acceptors (Lipinski definition) is 3. The van der Waals surface area contributed by atoms with Gasteiger partial charge in [-0.05, 0) is 36.2 Å². The van der Waals surface area contributed by atoms with Gasteiger partial charge in [0.2, 0.25) is 0 Å². The number of aryl methyl sites for hydroxylation is 1. The van der Waals surface area contributed by atoms with Crippen molar-refractivity contribution in [2.45, 2.75) is 6.92 Å². The molecule has 0 aromatic heterocycles. The van der Waals surface area contributed by atoms with E-state index >= 15 is 0 Å². The fourth-order valence-corrected chi connectivity index (χ4v) is 0.826. The van der Waals surface area contributed by atoms with Gasteiger partial charge in [-0.1, -0.05) is 5.16 Å². The highest BCUT2D eigenvalue weighted by atomic mass is 16.4. The van der Waals surface area contributed by atoms with E-state index in [1.54, 1.807) is 25.1 Å². The van der Waals surface area contributed by atoms with Crippen LogP contribution in [0.25, 0.3) is 0 Å². The van der Waals surface area contributed by atoms with E-state index in [0.717, 1.165) is 11.1 Å². The lowest BCUT2D eigenvalue weighted by molar-refractivity contribution is 0.322. The number of phenolic OH excluding ortho intramolecular Hbond substituents is 1. The number of phenols is 1. The van der Waals surface area contributed by atoms with Crippen LogP contribution in [0.5, 0.6) is 5.75 Å². The predicted molar refractivity (Wildman–Crippen MR) is 42.2 cm³/mol. The lowest BCUT2D eigenvalue weighted by Crippen LogP contribution is -1.82. The number of aromatic hydroxyl groups is 1. The summed E-state index contributed by atoms with van der Waals surface area (Å²) in [6.07, 6.45) is 1.31. The molecule has 0 aliphatic rings. The van der Waals surface area contributed by atoms with Crippen molar-refractivity contribution >= 4 is 6.21 Å². The topological polar surface area (TPSA) is 52.8 Å². The zero-order valence-corrected chi connectivity index (χ0v) is 6.15. The fourth-order valence-electron chi connectivity index (χ4n) is 0.826. The highest BCUT2D eigenvalue weighted by molar-refractivity contribution is 5.79. The fraction of sp³-hybridized carbons (Fsp3) is 0.125. The molecule has 0 fully saturated rings. The summed E-state index contributed by atoms with van der Waals surface area (Å²) >= 11 is 0. The van der Waals surface area contributed by atoms with Crippen molar-refractivity contribution in [3.8, 4) is 5.75 Å². The first-order valence-electron chi connectivity index (χ1n) is 3.21. The summed E-state index contributed by atoms with van der Waals surface area (Å²) in [6, 6.07) is 4.96. The summed E-state index contributed by atoms with van der Waals surface area (Å²) in [6.45, 7) is 1.78. The summed E-state index contributed by atoms with van der Waals surface area (Å²) in [5, 5.41) is 20.2. The Morgan fingerprint density at radius 3 is 2.73 bits per heavy atom. The monoisotopic (exact) mass is 151 g/mol. The normalized spacial score (nSPS) is 10.6. The van der Waals surface area contributed by atoms with Crippen molar-refractivity contribution in [2.75, 3.05) is 0 Å². The van der Waals surface area contributed by atoms with E-state index in [1.807, 2.05) is 0 Å². The van der Waals surface area contributed by atoms with E-state index in [9.17, 15) is 0 Å². The summed E-state index contributed by atoms with van der Waals surface area (Å²) in [7, 11) is 0. The Morgan fingerprint density at radius 2 is 2.18 bits per heavy atom. The molecule has 0 spiro atoms. The van der Waals surface area contributed by atoms with Crippen molar-refractivity contribution in [1.82, 2.24) is 0 Å². The molecule has 1 aromatic rings. The molecule has 0 aliphatic carbocycles. The van der Waals surface area contributed by atoms with Crippen LogP contribution in [0.15, 0.2) is 23.4 Å². The minimum absolute atomic E-state index is 0.250. The van der Waals surface area contributed by atoms with Gasteiger partial charge in [0.25, 0.3) is 0 Å². The van der Waals surface area contributed by atoms with E-state index in [4.69, 9.17) is 10.3 Å². The lowest BCUT2D eigenvalue weighted by Gasteiger charge is -1.97. The Labute approximate surface area is 64.6 Å². The predicted octanol–water partition coefficient (Wildman–Crippen LogP) is 1.51. The quantitative estimate of drug-likeness (QED) is 0.363. The maximum atomic E-state index is 9.10. The van der Waals surface area contributed by atoms with Gasteiger partial charge in [0.15, 0.2) is 0 Å². The van der Waals surface area contributed by atoms with Gasteiger partial charge in [0.1, 0.15) is 5.75 Å². The minimum atomic E-state index is 0.250. The molecule has 0 amide bonds. The first-order valence-corrected chi connectivity index (χ1v) is 3.21. The van der Waals surface area contributed by atoms with Gasteiger partial charge in [-0.15, -0.1) is 0 Å². The largest absolute Gasteiger partial charge is 0.508 e. The van der Waals surface area contributed by atoms with Crippen LogP contribution in [-0.2, 0) is 0 Å². The molecule has 0 unspecified atom stereocenters. The SMILES string of the molecule is Cc1cc(C=NO)ccc1O.